The molecule has 0 spiro atoms. The van der Waals surface area contributed by atoms with Gasteiger partial charge < -0.3 is 20.3 Å². The lowest BCUT2D eigenvalue weighted by Crippen LogP contribution is -2.26. The molecule has 0 saturated carbocycles. The van der Waals surface area contributed by atoms with Crippen LogP contribution in [0.2, 0.25) is 0 Å². The molecule has 0 bridgehead atoms. The fraction of sp³-hybridized carbons (Fsp3) is 0.381. The molecule has 3 N–H and O–H groups in total. The van der Waals surface area contributed by atoms with Gasteiger partial charge in [-0.2, -0.15) is 0 Å². The molecule has 0 heterocycles. The first kappa shape index (κ1) is 19.9. The summed E-state index contributed by atoms with van der Waals surface area (Å²) in [5.41, 5.74) is 1.75. The van der Waals surface area contributed by atoms with Crippen LogP contribution >= 0.6 is 0 Å². The maximum atomic E-state index is 11.1. The van der Waals surface area contributed by atoms with E-state index < -0.39 is 12.1 Å². The second-order valence-electron chi connectivity index (χ2n) is 6.56. The van der Waals surface area contributed by atoms with Gasteiger partial charge in [-0.3, -0.25) is 4.79 Å². The highest BCUT2D eigenvalue weighted by Crippen LogP contribution is 2.22. The summed E-state index contributed by atoms with van der Waals surface area (Å²) in [5.74, 6) is -0.0766. The van der Waals surface area contributed by atoms with Crippen LogP contribution in [0.25, 0.3) is 0 Å². The Morgan fingerprint density at radius 3 is 2.27 bits per heavy atom. The lowest BCUT2D eigenvalue weighted by Gasteiger charge is -2.19. The van der Waals surface area contributed by atoms with Crippen molar-refractivity contribution >= 4 is 5.97 Å². The highest BCUT2D eigenvalue weighted by Gasteiger charge is 2.16. The Morgan fingerprint density at radius 1 is 1.04 bits per heavy atom. The van der Waals surface area contributed by atoms with Crippen LogP contribution in [0.3, 0.4) is 0 Å². The lowest BCUT2D eigenvalue weighted by atomic mass is 10.0. The van der Waals surface area contributed by atoms with Crippen LogP contribution in [-0.4, -0.2) is 28.8 Å². The summed E-state index contributed by atoms with van der Waals surface area (Å²) in [7, 11) is 0. The van der Waals surface area contributed by atoms with Crippen LogP contribution in [0.1, 0.15) is 50.0 Å². The van der Waals surface area contributed by atoms with Crippen molar-refractivity contribution in [3.63, 3.8) is 0 Å². The van der Waals surface area contributed by atoms with Gasteiger partial charge in [0.2, 0.25) is 0 Å². The molecule has 5 heteroatoms. The van der Waals surface area contributed by atoms with E-state index in [0.717, 1.165) is 16.9 Å². The van der Waals surface area contributed by atoms with Crippen molar-refractivity contribution in [2.75, 3.05) is 6.54 Å². The zero-order valence-corrected chi connectivity index (χ0v) is 15.3. The van der Waals surface area contributed by atoms with E-state index in [0.29, 0.717) is 13.0 Å². The third-order valence-electron chi connectivity index (χ3n) is 4.03. The van der Waals surface area contributed by atoms with Crippen molar-refractivity contribution in [3.8, 4) is 5.75 Å². The number of aliphatic hydroxyl groups excluding tert-OH is 1. The van der Waals surface area contributed by atoms with Crippen molar-refractivity contribution < 1.29 is 19.7 Å². The number of nitrogens with one attached hydrogen (secondary N) is 1. The summed E-state index contributed by atoms with van der Waals surface area (Å²) in [6.45, 7) is 4.45. The molecule has 5 nitrogen and oxygen atoms in total. The second kappa shape index (κ2) is 9.94. The van der Waals surface area contributed by atoms with Crippen LogP contribution < -0.4 is 10.1 Å². The average molecular weight is 357 g/mol. The van der Waals surface area contributed by atoms with E-state index in [1.165, 1.54) is 0 Å². The van der Waals surface area contributed by atoms with Gasteiger partial charge in [0.25, 0.3) is 0 Å². The van der Waals surface area contributed by atoms with E-state index in [2.05, 4.69) is 5.32 Å². The number of aliphatic hydroxyl groups is 1. The minimum absolute atomic E-state index is 0.00134. The van der Waals surface area contributed by atoms with Crippen LogP contribution in [0, 0.1) is 0 Å². The molecule has 0 saturated heterocycles. The molecule has 2 rings (SSSR count). The first-order valence-electron chi connectivity index (χ1n) is 8.90. The Labute approximate surface area is 154 Å². The van der Waals surface area contributed by atoms with Gasteiger partial charge in [0.1, 0.15) is 5.75 Å². The molecule has 2 aromatic rings. The quantitative estimate of drug-likeness (QED) is 0.604. The summed E-state index contributed by atoms with van der Waals surface area (Å²) in [5, 5.41) is 22.7. The Morgan fingerprint density at radius 2 is 1.69 bits per heavy atom. The predicted molar refractivity (Wildman–Crippen MR) is 101 cm³/mol. The van der Waals surface area contributed by atoms with Crippen molar-refractivity contribution in [3.05, 3.63) is 65.7 Å². The smallest absolute Gasteiger partial charge is 0.305 e. The fourth-order valence-electron chi connectivity index (χ4n) is 2.77. The van der Waals surface area contributed by atoms with Gasteiger partial charge in [-0.15, -0.1) is 0 Å². The molecule has 0 amide bonds. The van der Waals surface area contributed by atoms with Gasteiger partial charge in [0.05, 0.1) is 18.6 Å². The van der Waals surface area contributed by atoms with Crippen molar-refractivity contribution in [1.29, 1.82) is 0 Å². The van der Waals surface area contributed by atoms with Crippen molar-refractivity contribution in [1.82, 2.24) is 5.32 Å². The van der Waals surface area contributed by atoms with Gasteiger partial charge in [0.15, 0.2) is 0 Å². The molecule has 26 heavy (non-hydrogen) atoms. The molecule has 2 aromatic carbocycles. The van der Waals surface area contributed by atoms with Crippen molar-refractivity contribution in [2.24, 2.45) is 0 Å². The fourth-order valence-corrected chi connectivity index (χ4v) is 2.77. The number of hydrogen-bond acceptors (Lipinski definition) is 4. The number of rotatable bonds is 10. The number of carbonyl (C=O) groups is 1. The minimum Gasteiger partial charge on any atom is -0.491 e. The van der Waals surface area contributed by atoms with Gasteiger partial charge in [-0.05, 0) is 50.1 Å². The van der Waals surface area contributed by atoms with E-state index >= 15 is 0 Å². The predicted octanol–water partition coefficient (Wildman–Crippen LogP) is 3.70. The maximum absolute atomic E-state index is 11.1. The SMILES string of the molecule is CC(C)Oc1ccc(C(O)CCNC(CC(=O)O)c2ccccc2)cc1. The van der Waals surface area contributed by atoms with E-state index in [-0.39, 0.29) is 18.6 Å². The number of benzene rings is 2. The van der Waals surface area contributed by atoms with E-state index in [1.807, 2.05) is 68.4 Å². The van der Waals surface area contributed by atoms with E-state index in [1.54, 1.807) is 0 Å². The highest BCUT2D eigenvalue weighted by atomic mass is 16.5. The Kier molecular flexibility index (Phi) is 7.63. The Hall–Kier alpha value is -2.37. The molecular formula is C21H27NO4. The normalized spacial score (nSPS) is 13.4. The summed E-state index contributed by atoms with van der Waals surface area (Å²) in [6, 6.07) is 16.6. The molecule has 0 aliphatic carbocycles. The molecule has 0 aliphatic rings. The zero-order valence-electron chi connectivity index (χ0n) is 15.3. The third kappa shape index (κ3) is 6.50. The first-order valence-corrected chi connectivity index (χ1v) is 8.90. The average Bonchev–Trinajstić information content (AvgIpc) is 2.61. The number of aliphatic carboxylic acids is 1. The molecular weight excluding hydrogens is 330 g/mol. The largest absolute Gasteiger partial charge is 0.491 e. The number of hydrogen-bond donors (Lipinski definition) is 3. The van der Waals surface area contributed by atoms with E-state index in [9.17, 15) is 9.90 Å². The molecule has 0 radical (unpaired) electrons. The zero-order chi connectivity index (χ0) is 18.9. The molecule has 0 aliphatic heterocycles. The monoisotopic (exact) mass is 357 g/mol. The number of ether oxygens (including phenoxy) is 1. The first-order chi connectivity index (χ1) is 12.5. The van der Waals surface area contributed by atoms with Crippen LogP contribution in [0.4, 0.5) is 0 Å². The standard InChI is InChI=1S/C21H27NO4/c1-15(2)26-18-10-8-17(9-11-18)20(23)12-13-22-19(14-21(24)25)16-6-4-3-5-7-16/h3-11,15,19-20,22-23H,12-14H2,1-2H3,(H,24,25). The lowest BCUT2D eigenvalue weighted by molar-refractivity contribution is -0.137. The minimum atomic E-state index is -0.854. The Bertz CT molecular complexity index is 670. The van der Waals surface area contributed by atoms with Crippen LogP contribution in [0.15, 0.2) is 54.6 Å². The molecule has 140 valence electrons. The summed E-state index contributed by atoms with van der Waals surface area (Å²) in [6.07, 6.45) is -0.00900. The Balaban J connectivity index is 1.88. The van der Waals surface area contributed by atoms with Gasteiger partial charge in [-0.25, -0.2) is 0 Å². The van der Waals surface area contributed by atoms with Gasteiger partial charge >= 0.3 is 5.97 Å². The summed E-state index contributed by atoms with van der Waals surface area (Å²) >= 11 is 0. The summed E-state index contributed by atoms with van der Waals surface area (Å²) in [4.78, 5) is 11.1. The summed E-state index contributed by atoms with van der Waals surface area (Å²) < 4.78 is 5.60. The maximum Gasteiger partial charge on any atom is 0.305 e. The topological polar surface area (TPSA) is 78.8 Å². The number of carboxylic acids is 1. The van der Waals surface area contributed by atoms with Crippen molar-refractivity contribution in [2.45, 2.75) is 44.9 Å². The molecule has 0 fully saturated rings. The van der Waals surface area contributed by atoms with Gasteiger partial charge in [0, 0.05) is 6.04 Å². The second-order valence-corrected chi connectivity index (χ2v) is 6.56. The highest BCUT2D eigenvalue weighted by molar-refractivity contribution is 5.67. The van der Waals surface area contributed by atoms with Gasteiger partial charge in [-0.1, -0.05) is 42.5 Å². The van der Waals surface area contributed by atoms with Crippen LogP contribution in [-0.2, 0) is 4.79 Å². The molecule has 2 atom stereocenters. The molecule has 2 unspecified atom stereocenters. The van der Waals surface area contributed by atoms with Crippen LogP contribution in [0.5, 0.6) is 5.75 Å². The third-order valence-corrected chi connectivity index (χ3v) is 4.03. The molecule has 0 aromatic heterocycles. The van der Waals surface area contributed by atoms with E-state index in [4.69, 9.17) is 9.84 Å². The number of carboxylic acid groups (broad SMARTS) is 1.